The molecule has 1 aromatic carbocycles. The van der Waals surface area contributed by atoms with Crippen molar-refractivity contribution < 1.29 is 28.0 Å². The van der Waals surface area contributed by atoms with E-state index in [1.807, 2.05) is 0 Å². The van der Waals surface area contributed by atoms with Crippen LogP contribution in [0.3, 0.4) is 0 Å². The van der Waals surface area contributed by atoms with Crippen molar-refractivity contribution in [1.29, 1.82) is 0 Å². The maximum absolute atomic E-state index is 13.3. The van der Waals surface area contributed by atoms with Crippen LogP contribution in [0.5, 0.6) is 0 Å². The molecule has 4 rings (SSSR count). The van der Waals surface area contributed by atoms with Gasteiger partial charge in [-0.2, -0.15) is 0 Å². The van der Waals surface area contributed by atoms with Crippen molar-refractivity contribution in [3.05, 3.63) is 39.8 Å². The second-order valence-electron chi connectivity index (χ2n) is 7.07. The van der Waals surface area contributed by atoms with Gasteiger partial charge in [0.2, 0.25) is 11.8 Å². The van der Waals surface area contributed by atoms with Gasteiger partial charge in [-0.25, -0.2) is 8.78 Å². The van der Waals surface area contributed by atoms with Crippen molar-refractivity contribution in [2.24, 2.45) is 0 Å². The first-order chi connectivity index (χ1) is 13.2. The lowest BCUT2D eigenvalue weighted by Crippen LogP contribution is -2.34. The number of carbonyl (C=O) groups is 4. The van der Waals surface area contributed by atoms with E-state index >= 15 is 0 Å². The van der Waals surface area contributed by atoms with Crippen LogP contribution in [0.4, 0.5) is 19.3 Å². The number of nitrogens with zero attached hydrogens (tertiary/aromatic N) is 1. The molecular formula is C19H16F2N2O4S. The normalized spacial score (nSPS) is 21.2. The summed E-state index contributed by atoms with van der Waals surface area (Å²) >= 11 is 0.711. The number of carbonyl (C=O) groups excluding carboxylic acids is 4. The van der Waals surface area contributed by atoms with Crippen molar-refractivity contribution in [2.45, 2.75) is 38.0 Å². The van der Waals surface area contributed by atoms with Crippen LogP contribution < -0.4 is 5.32 Å². The molecule has 2 fully saturated rings. The number of nitrogens with one attached hydrogen (secondary N) is 1. The summed E-state index contributed by atoms with van der Waals surface area (Å²) in [5.74, 6) is -3.91. The first-order valence-electron chi connectivity index (χ1n) is 8.83. The van der Waals surface area contributed by atoms with Crippen molar-refractivity contribution in [1.82, 2.24) is 4.90 Å². The Morgan fingerprint density at radius 3 is 2.61 bits per heavy atom. The molecule has 0 radical (unpaired) electrons. The zero-order valence-corrected chi connectivity index (χ0v) is 15.5. The van der Waals surface area contributed by atoms with Gasteiger partial charge in [0.15, 0.2) is 5.78 Å². The summed E-state index contributed by atoms with van der Waals surface area (Å²) < 4.78 is 26.7. The van der Waals surface area contributed by atoms with Gasteiger partial charge in [0.05, 0.1) is 17.9 Å². The molecule has 1 aromatic rings. The third-order valence-corrected chi connectivity index (χ3v) is 6.17. The van der Waals surface area contributed by atoms with E-state index in [2.05, 4.69) is 5.32 Å². The van der Waals surface area contributed by atoms with E-state index in [9.17, 15) is 28.0 Å². The van der Waals surface area contributed by atoms with Crippen LogP contribution in [0.25, 0.3) is 0 Å². The van der Waals surface area contributed by atoms with Gasteiger partial charge in [0, 0.05) is 24.1 Å². The maximum Gasteiger partial charge on any atom is 0.293 e. The van der Waals surface area contributed by atoms with Gasteiger partial charge in [-0.15, -0.1) is 0 Å². The molecule has 2 heterocycles. The number of allylic oxidation sites excluding steroid dienone is 1. The molecule has 1 aliphatic carbocycles. The highest BCUT2D eigenvalue weighted by atomic mass is 32.2. The van der Waals surface area contributed by atoms with Gasteiger partial charge in [0.25, 0.3) is 11.1 Å². The van der Waals surface area contributed by atoms with Gasteiger partial charge >= 0.3 is 0 Å². The smallest absolute Gasteiger partial charge is 0.293 e. The minimum atomic E-state index is -2.74. The Morgan fingerprint density at radius 2 is 1.89 bits per heavy atom. The Kier molecular flexibility index (Phi) is 4.57. The molecule has 6 nitrogen and oxygen atoms in total. The van der Waals surface area contributed by atoms with Crippen LogP contribution in [0.15, 0.2) is 28.7 Å². The van der Waals surface area contributed by atoms with Crippen molar-refractivity contribution in [2.75, 3.05) is 11.9 Å². The molecule has 0 unspecified atom stereocenters. The zero-order chi connectivity index (χ0) is 20.1. The minimum Gasteiger partial charge on any atom is -0.326 e. The molecule has 3 aliphatic rings. The number of amides is 3. The molecule has 28 heavy (non-hydrogen) atoms. The van der Waals surface area contributed by atoms with Crippen LogP contribution in [-0.2, 0) is 16.0 Å². The van der Waals surface area contributed by atoms with Gasteiger partial charge in [-0.1, -0.05) is 5.57 Å². The fourth-order valence-electron chi connectivity index (χ4n) is 3.53. The van der Waals surface area contributed by atoms with Crippen LogP contribution >= 0.6 is 11.8 Å². The number of halogens is 2. The van der Waals surface area contributed by atoms with Crippen LogP contribution in [0.2, 0.25) is 0 Å². The molecule has 0 bridgehead atoms. The number of anilines is 1. The number of ketones is 1. The molecule has 3 amide bonds. The predicted octanol–water partition coefficient (Wildman–Crippen LogP) is 3.52. The fraction of sp³-hybridized carbons (Fsp3) is 0.368. The molecule has 1 saturated heterocycles. The van der Waals surface area contributed by atoms with Gasteiger partial charge in [-0.3, -0.25) is 24.1 Å². The standard InChI is InChI=1S/C19H16F2N2O4S/c20-19(21)5-3-10(4-6-19)16-17(26)23(18(27)28-16)9-14(24)11-1-2-13-12(7-11)8-15(25)22-13/h1-2,7H,3-6,8-9H2,(H,22,25). The van der Waals surface area contributed by atoms with E-state index in [0.717, 1.165) is 4.90 Å². The largest absolute Gasteiger partial charge is 0.326 e. The highest BCUT2D eigenvalue weighted by Gasteiger charge is 2.41. The predicted molar refractivity (Wildman–Crippen MR) is 98.2 cm³/mol. The number of rotatable bonds is 3. The van der Waals surface area contributed by atoms with Crippen molar-refractivity contribution in [3.8, 4) is 0 Å². The van der Waals surface area contributed by atoms with Crippen LogP contribution in [0.1, 0.15) is 41.6 Å². The summed E-state index contributed by atoms with van der Waals surface area (Å²) in [5, 5.41) is 2.09. The second-order valence-corrected chi connectivity index (χ2v) is 8.03. The number of imide groups is 1. The lowest BCUT2D eigenvalue weighted by atomic mass is 9.91. The quantitative estimate of drug-likeness (QED) is 0.613. The van der Waals surface area contributed by atoms with Gasteiger partial charge < -0.3 is 5.32 Å². The molecule has 0 aromatic heterocycles. The Morgan fingerprint density at radius 1 is 1.18 bits per heavy atom. The summed E-state index contributed by atoms with van der Waals surface area (Å²) in [6, 6.07) is 4.73. The molecule has 0 atom stereocenters. The average Bonchev–Trinajstić information content (AvgIpc) is 3.14. The second kappa shape index (κ2) is 6.80. The number of Topliss-reactive ketones (excluding diaryl/α,β-unsaturated/α-hetero) is 1. The third-order valence-electron chi connectivity index (χ3n) is 5.11. The van der Waals surface area contributed by atoms with Crippen LogP contribution in [0, 0.1) is 0 Å². The summed E-state index contributed by atoms with van der Waals surface area (Å²) in [7, 11) is 0. The molecule has 9 heteroatoms. The number of fused-ring (bicyclic) bond motifs is 1. The van der Waals surface area contributed by atoms with Crippen molar-refractivity contribution >= 4 is 40.3 Å². The van der Waals surface area contributed by atoms with Crippen molar-refractivity contribution in [3.63, 3.8) is 0 Å². The van der Waals surface area contributed by atoms with E-state index in [1.165, 1.54) is 6.07 Å². The zero-order valence-electron chi connectivity index (χ0n) is 14.7. The van der Waals surface area contributed by atoms with E-state index in [-0.39, 0.29) is 42.9 Å². The Bertz CT molecular complexity index is 945. The summed E-state index contributed by atoms with van der Waals surface area (Å²) in [6.45, 7) is -0.419. The highest BCUT2D eigenvalue weighted by molar-refractivity contribution is 8.18. The van der Waals surface area contributed by atoms with Gasteiger partial charge in [0.1, 0.15) is 0 Å². The van der Waals surface area contributed by atoms with E-state index in [1.54, 1.807) is 12.1 Å². The number of hydrogen-bond acceptors (Lipinski definition) is 5. The molecule has 0 spiro atoms. The first-order valence-corrected chi connectivity index (χ1v) is 9.65. The Labute approximate surface area is 163 Å². The number of hydrogen-bond donors (Lipinski definition) is 1. The first kappa shape index (κ1) is 18.8. The molecular weight excluding hydrogens is 390 g/mol. The SMILES string of the molecule is O=C1Cc2cc(C(=O)CN3C(=O)SC(=C4CCC(F)(F)CC4)C3=O)ccc2N1. The summed E-state index contributed by atoms with van der Waals surface area (Å²) in [6.07, 6.45) is -0.359. The molecule has 2 aliphatic heterocycles. The average molecular weight is 406 g/mol. The van der Waals surface area contributed by atoms with E-state index < -0.39 is 29.4 Å². The molecule has 146 valence electrons. The topological polar surface area (TPSA) is 83.6 Å². The monoisotopic (exact) mass is 406 g/mol. The van der Waals surface area contributed by atoms with Gasteiger partial charge in [-0.05, 0) is 48.4 Å². The molecule has 1 N–H and O–H groups in total. The lowest BCUT2D eigenvalue weighted by molar-refractivity contribution is -0.122. The lowest BCUT2D eigenvalue weighted by Gasteiger charge is -2.24. The maximum atomic E-state index is 13.3. The van der Waals surface area contributed by atoms with E-state index in [0.29, 0.717) is 34.1 Å². The minimum absolute atomic E-state index is 0.0714. The number of alkyl halides is 2. The fourth-order valence-corrected chi connectivity index (χ4v) is 4.51. The van der Waals surface area contributed by atoms with Crippen LogP contribution in [-0.4, -0.2) is 40.2 Å². The number of thioether (sulfide) groups is 1. The number of benzene rings is 1. The Hall–Kier alpha value is -2.55. The summed E-state index contributed by atoms with van der Waals surface area (Å²) in [4.78, 5) is 49.9. The molecule has 1 saturated carbocycles. The third kappa shape index (κ3) is 3.46. The van der Waals surface area contributed by atoms with E-state index in [4.69, 9.17) is 0 Å². The highest BCUT2D eigenvalue weighted by Crippen LogP contribution is 2.42. The Balaban J connectivity index is 1.49. The summed E-state index contributed by atoms with van der Waals surface area (Å²) in [5.41, 5.74) is 2.20.